The molecule has 1 aromatic carbocycles. The third-order valence-corrected chi connectivity index (χ3v) is 4.69. The van der Waals surface area contributed by atoms with Crippen molar-refractivity contribution in [2.24, 2.45) is 7.05 Å². The van der Waals surface area contributed by atoms with Gasteiger partial charge >= 0.3 is 6.09 Å². The van der Waals surface area contributed by atoms with E-state index in [1.807, 2.05) is 56.7 Å². The van der Waals surface area contributed by atoms with Crippen molar-refractivity contribution >= 4 is 22.9 Å². The number of aryl methyl sites for hydroxylation is 1. The van der Waals surface area contributed by atoms with Gasteiger partial charge in [0.1, 0.15) is 17.0 Å². The molecule has 0 radical (unpaired) electrons. The molecular weight excluding hydrogens is 346 g/mol. The number of rotatable bonds is 2. The zero-order valence-electron chi connectivity index (χ0n) is 16.6. The molecule has 0 bridgehead atoms. The van der Waals surface area contributed by atoms with Crippen LogP contribution in [0.4, 0.5) is 4.79 Å². The summed E-state index contributed by atoms with van der Waals surface area (Å²) in [4.78, 5) is 28.6. The van der Waals surface area contributed by atoms with Crippen molar-refractivity contribution < 1.29 is 19.1 Å². The van der Waals surface area contributed by atoms with Gasteiger partial charge in [0.15, 0.2) is 0 Å². The highest BCUT2D eigenvalue weighted by atomic mass is 16.6. The predicted octanol–water partition coefficient (Wildman–Crippen LogP) is 2.88. The number of methoxy groups -OCH3 is 1. The van der Waals surface area contributed by atoms with Crippen LogP contribution in [0.1, 0.15) is 31.3 Å². The van der Waals surface area contributed by atoms with Gasteiger partial charge in [0.2, 0.25) is 0 Å². The first-order valence-corrected chi connectivity index (χ1v) is 9.10. The van der Waals surface area contributed by atoms with Crippen molar-refractivity contribution in [3.8, 4) is 5.75 Å². The summed E-state index contributed by atoms with van der Waals surface area (Å²) in [6.45, 7) is 7.46. The number of ether oxygens (including phenoxy) is 2. The van der Waals surface area contributed by atoms with E-state index in [0.29, 0.717) is 31.9 Å². The van der Waals surface area contributed by atoms with E-state index < -0.39 is 5.60 Å². The number of benzene rings is 1. The van der Waals surface area contributed by atoms with Crippen LogP contribution >= 0.6 is 0 Å². The highest BCUT2D eigenvalue weighted by Crippen LogP contribution is 2.25. The van der Waals surface area contributed by atoms with Gasteiger partial charge in [0.05, 0.1) is 12.6 Å². The van der Waals surface area contributed by atoms with Gasteiger partial charge in [-0.15, -0.1) is 0 Å². The fourth-order valence-electron chi connectivity index (χ4n) is 3.22. The van der Waals surface area contributed by atoms with Gasteiger partial charge in [-0.05, 0) is 39.0 Å². The molecule has 7 nitrogen and oxygen atoms in total. The first-order valence-electron chi connectivity index (χ1n) is 9.10. The van der Waals surface area contributed by atoms with Crippen molar-refractivity contribution in [2.75, 3.05) is 33.3 Å². The van der Waals surface area contributed by atoms with Crippen LogP contribution in [0.3, 0.4) is 0 Å². The summed E-state index contributed by atoms with van der Waals surface area (Å²) < 4.78 is 12.6. The molecule has 1 aromatic heterocycles. The Morgan fingerprint density at radius 2 is 1.63 bits per heavy atom. The standard InChI is InChI=1S/C20H27N3O4/c1-20(2,3)27-19(25)23-10-8-22(9-11-23)18(24)17-12-14-6-7-15(26-5)13-16(14)21(17)4/h6-7,12-13H,8-11H2,1-5H3. The average Bonchev–Trinajstić information content (AvgIpc) is 2.96. The fraction of sp³-hybridized carbons (Fsp3) is 0.500. The highest BCUT2D eigenvalue weighted by molar-refractivity contribution is 5.99. The highest BCUT2D eigenvalue weighted by Gasteiger charge is 2.29. The minimum atomic E-state index is -0.520. The second kappa shape index (κ2) is 7.13. The molecule has 2 amide bonds. The van der Waals surface area contributed by atoms with E-state index in [0.717, 1.165) is 16.7 Å². The summed E-state index contributed by atoms with van der Waals surface area (Å²) in [5.74, 6) is 0.727. The zero-order valence-corrected chi connectivity index (χ0v) is 16.6. The SMILES string of the molecule is COc1ccc2cc(C(=O)N3CCN(C(=O)OC(C)(C)C)CC3)n(C)c2c1. The average molecular weight is 373 g/mol. The zero-order chi connectivity index (χ0) is 19.8. The summed E-state index contributed by atoms with van der Waals surface area (Å²) in [5.41, 5.74) is 1.06. The fourth-order valence-corrected chi connectivity index (χ4v) is 3.22. The molecule has 1 saturated heterocycles. The van der Waals surface area contributed by atoms with Gasteiger partial charge in [-0.1, -0.05) is 0 Å². The molecule has 0 spiro atoms. The van der Waals surface area contributed by atoms with E-state index in [-0.39, 0.29) is 12.0 Å². The van der Waals surface area contributed by atoms with Crippen molar-refractivity contribution in [1.29, 1.82) is 0 Å². The molecule has 0 aliphatic carbocycles. The van der Waals surface area contributed by atoms with Crippen LogP contribution < -0.4 is 4.74 Å². The maximum absolute atomic E-state index is 13.0. The Labute approximate surface area is 159 Å². The number of aromatic nitrogens is 1. The van der Waals surface area contributed by atoms with Crippen LogP contribution in [0.25, 0.3) is 10.9 Å². The summed E-state index contributed by atoms with van der Waals surface area (Å²) >= 11 is 0. The summed E-state index contributed by atoms with van der Waals surface area (Å²) in [6, 6.07) is 7.66. The molecule has 1 aliphatic heterocycles. The number of hydrogen-bond acceptors (Lipinski definition) is 4. The Hall–Kier alpha value is -2.70. The first-order chi connectivity index (χ1) is 12.7. The molecule has 7 heteroatoms. The lowest BCUT2D eigenvalue weighted by Crippen LogP contribution is -2.51. The van der Waals surface area contributed by atoms with Crippen LogP contribution in [0.5, 0.6) is 5.75 Å². The molecule has 0 unspecified atom stereocenters. The molecule has 27 heavy (non-hydrogen) atoms. The third-order valence-electron chi connectivity index (χ3n) is 4.69. The van der Waals surface area contributed by atoms with E-state index in [1.165, 1.54) is 0 Å². The van der Waals surface area contributed by atoms with Crippen molar-refractivity contribution in [2.45, 2.75) is 26.4 Å². The topological polar surface area (TPSA) is 64.0 Å². The molecular formula is C20H27N3O4. The molecule has 0 atom stereocenters. The van der Waals surface area contributed by atoms with E-state index in [4.69, 9.17) is 9.47 Å². The summed E-state index contributed by atoms with van der Waals surface area (Å²) in [5, 5.41) is 0.994. The smallest absolute Gasteiger partial charge is 0.410 e. The lowest BCUT2D eigenvalue weighted by atomic mass is 10.2. The number of nitrogens with zero attached hydrogens (tertiary/aromatic N) is 3. The summed E-state index contributed by atoms with van der Waals surface area (Å²) in [6.07, 6.45) is -0.328. The summed E-state index contributed by atoms with van der Waals surface area (Å²) in [7, 11) is 3.51. The number of fused-ring (bicyclic) bond motifs is 1. The third kappa shape index (κ3) is 4.02. The monoisotopic (exact) mass is 373 g/mol. The Morgan fingerprint density at radius 3 is 2.22 bits per heavy atom. The Kier molecular flexibility index (Phi) is 5.04. The molecule has 2 heterocycles. The molecule has 3 rings (SSSR count). The number of carbonyl (C=O) groups is 2. The van der Waals surface area contributed by atoms with E-state index in [9.17, 15) is 9.59 Å². The number of hydrogen-bond donors (Lipinski definition) is 0. The van der Waals surface area contributed by atoms with Crippen LogP contribution in [-0.4, -0.2) is 65.3 Å². The van der Waals surface area contributed by atoms with Crippen molar-refractivity contribution in [3.63, 3.8) is 0 Å². The van der Waals surface area contributed by atoms with Crippen LogP contribution in [0.15, 0.2) is 24.3 Å². The maximum atomic E-state index is 13.0. The van der Waals surface area contributed by atoms with Crippen LogP contribution in [0, 0.1) is 0 Å². The van der Waals surface area contributed by atoms with Gasteiger partial charge in [-0.25, -0.2) is 4.79 Å². The quantitative estimate of drug-likeness (QED) is 0.812. The van der Waals surface area contributed by atoms with E-state index in [2.05, 4.69) is 0 Å². The molecule has 1 aliphatic rings. The largest absolute Gasteiger partial charge is 0.497 e. The normalized spacial score (nSPS) is 15.1. The van der Waals surface area contributed by atoms with Gasteiger partial charge in [0, 0.05) is 44.7 Å². The second-order valence-corrected chi connectivity index (χ2v) is 7.77. The van der Waals surface area contributed by atoms with Crippen molar-refractivity contribution in [1.82, 2.24) is 14.4 Å². The van der Waals surface area contributed by atoms with Gasteiger partial charge in [-0.2, -0.15) is 0 Å². The Bertz CT molecular complexity index is 858. The minimum Gasteiger partial charge on any atom is -0.497 e. The van der Waals surface area contributed by atoms with Crippen molar-refractivity contribution in [3.05, 3.63) is 30.0 Å². The number of piperazine rings is 1. The van der Waals surface area contributed by atoms with E-state index >= 15 is 0 Å². The lowest BCUT2D eigenvalue weighted by molar-refractivity contribution is 0.0139. The number of carbonyl (C=O) groups excluding carboxylic acids is 2. The Morgan fingerprint density at radius 1 is 1.00 bits per heavy atom. The van der Waals surface area contributed by atoms with Gasteiger partial charge in [-0.3, -0.25) is 4.79 Å². The van der Waals surface area contributed by atoms with E-state index in [1.54, 1.807) is 16.9 Å². The lowest BCUT2D eigenvalue weighted by Gasteiger charge is -2.35. The molecule has 146 valence electrons. The first kappa shape index (κ1) is 19.1. The molecule has 0 N–H and O–H groups in total. The number of amides is 2. The molecule has 2 aromatic rings. The minimum absolute atomic E-state index is 0.0310. The van der Waals surface area contributed by atoms with Crippen LogP contribution in [0.2, 0.25) is 0 Å². The Balaban J connectivity index is 1.70. The van der Waals surface area contributed by atoms with Gasteiger partial charge < -0.3 is 23.8 Å². The van der Waals surface area contributed by atoms with Gasteiger partial charge in [0.25, 0.3) is 5.91 Å². The molecule has 1 fully saturated rings. The second-order valence-electron chi connectivity index (χ2n) is 7.77. The maximum Gasteiger partial charge on any atom is 0.410 e. The molecule has 0 saturated carbocycles. The predicted molar refractivity (Wildman–Crippen MR) is 103 cm³/mol. The van der Waals surface area contributed by atoms with Crippen LogP contribution in [-0.2, 0) is 11.8 Å².